The summed E-state index contributed by atoms with van der Waals surface area (Å²) in [7, 11) is -3.29. The van der Waals surface area contributed by atoms with Crippen molar-refractivity contribution in [3.8, 4) is 0 Å². The molecule has 56 valence electrons. The maximum atomic E-state index is 8.83. The van der Waals surface area contributed by atoms with Gasteiger partial charge in [0.05, 0.1) is 5.60 Å². The molecule has 0 heterocycles. The molecule has 0 atom stereocenters. The molecule has 0 amide bonds. The summed E-state index contributed by atoms with van der Waals surface area (Å²) in [6.07, 6.45) is 0. The Morgan fingerprint density at radius 1 is 1.22 bits per heavy atom. The molecule has 0 rings (SSSR count). The van der Waals surface area contributed by atoms with E-state index in [0.717, 1.165) is 0 Å². The van der Waals surface area contributed by atoms with Crippen molar-refractivity contribution in [2.45, 2.75) is 32.9 Å². The summed E-state index contributed by atoms with van der Waals surface area (Å²) in [5, 5.41) is 0. The van der Waals surface area contributed by atoms with Crippen LogP contribution in [0, 0.1) is 0 Å². The zero-order valence-electron chi connectivity index (χ0n) is 6.30. The van der Waals surface area contributed by atoms with E-state index in [0.29, 0.717) is 0 Å². The highest BCUT2D eigenvalue weighted by Gasteiger charge is 2.30. The van der Waals surface area contributed by atoms with Crippen LogP contribution in [-0.4, -0.2) is 24.0 Å². The third kappa shape index (κ3) is 8.10. The van der Waals surface area contributed by atoms with E-state index in [1.165, 1.54) is 6.55 Å². The topological polar surface area (TPSA) is 49.7 Å². The molecule has 0 radical (unpaired) electrons. The van der Waals surface area contributed by atoms with E-state index >= 15 is 0 Å². The molecule has 0 unspecified atom stereocenters. The molecule has 0 aromatic rings. The van der Waals surface area contributed by atoms with Crippen molar-refractivity contribution in [3.63, 3.8) is 0 Å². The van der Waals surface area contributed by atoms with Crippen molar-refractivity contribution >= 4 is 8.80 Å². The van der Waals surface area contributed by atoms with Crippen LogP contribution >= 0.6 is 0 Å². The van der Waals surface area contributed by atoms with Crippen LogP contribution in [0.5, 0.6) is 0 Å². The molecule has 2 N–H and O–H groups in total. The van der Waals surface area contributed by atoms with Gasteiger partial charge in [0.2, 0.25) is 0 Å². The van der Waals surface area contributed by atoms with Gasteiger partial charge in [-0.15, -0.1) is 0 Å². The first-order chi connectivity index (χ1) is 3.71. The third-order valence-corrected chi connectivity index (χ3v) is 1.50. The van der Waals surface area contributed by atoms with Gasteiger partial charge in [0.15, 0.2) is 0 Å². The fraction of sp³-hybridized carbons (Fsp3) is 1.00. The molecule has 0 aliphatic carbocycles. The van der Waals surface area contributed by atoms with Crippen LogP contribution in [0.15, 0.2) is 0 Å². The van der Waals surface area contributed by atoms with Crippen LogP contribution in [-0.2, 0) is 4.43 Å². The average molecular weight is 150 g/mol. The number of hydrogen-bond donors (Lipinski definition) is 2. The molecular weight excluding hydrogens is 136 g/mol. The summed E-state index contributed by atoms with van der Waals surface area (Å²) in [6, 6.07) is 0. The standard InChI is InChI=1S/C5H14O3Si/c1-5(2,3)8-9(4,6)7/h6-7H,1-4H3. The van der Waals surface area contributed by atoms with Gasteiger partial charge in [-0.2, -0.15) is 0 Å². The quantitative estimate of drug-likeness (QED) is 0.530. The first kappa shape index (κ1) is 9.10. The molecule has 0 spiro atoms. The minimum absolute atomic E-state index is 0.454. The Labute approximate surface area is 56.7 Å². The van der Waals surface area contributed by atoms with Gasteiger partial charge in [0, 0.05) is 6.55 Å². The van der Waals surface area contributed by atoms with Crippen LogP contribution < -0.4 is 0 Å². The van der Waals surface area contributed by atoms with Gasteiger partial charge >= 0.3 is 8.80 Å². The molecule has 4 heteroatoms. The highest BCUT2D eigenvalue weighted by atomic mass is 28.4. The highest BCUT2D eigenvalue weighted by molar-refractivity contribution is 6.56. The van der Waals surface area contributed by atoms with Crippen LogP contribution in [0.1, 0.15) is 20.8 Å². The largest absolute Gasteiger partial charge is 0.492 e. The molecule has 0 fully saturated rings. The van der Waals surface area contributed by atoms with E-state index in [1.54, 1.807) is 20.8 Å². The Hall–Kier alpha value is 0.0969. The Morgan fingerprint density at radius 2 is 1.56 bits per heavy atom. The summed E-state index contributed by atoms with van der Waals surface area (Å²) >= 11 is 0. The van der Waals surface area contributed by atoms with Gasteiger partial charge in [-0.3, -0.25) is 0 Å². The van der Waals surface area contributed by atoms with Gasteiger partial charge in [-0.05, 0) is 20.8 Å². The van der Waals surface area contributed by atoms with Gasteiger partial charge < -0.3 is 14.0 Å². The summed E-state index contributed by atoms with van der Waals surface area (Å²) in [6.45, 7) is 6.67. The van der Waals surface area contributed by atoms with Crippen molar-refractivity contribution < 1.29 is 14.0 Å². The Balaban J connectivity index is 3.75. The molecule has 0 saturated heterocycles. The van der Waals surface area contributed by atoms with Crippen LogP contribution in [0.3, 0.4) is 0 Å². The van der Waals surface area contributed by atoms with E-state index < -0.39 is 14.4 Å². The highest BCUT2D eigenvalue weighted by Crippen LogP contribution is 2.11. The first-order valence-corrected chi connectivity index (χ1v) is 5.16. The maximum absolute atomic E-state index is 8.83. The lowest BCUT2D eigenvalue weighted by Crippen LogP contribution is -2.42. The van der Waals surface area contributed by atoms with Crippen molar-refractivity contribution in [2.24, 2.45) is 0 Å². The van der Waals surface area contributed by atoms with E-state index in [1.807, 2.05) is 0 Å². The molecule has 0 aliphatic heterocycles. The van der Waals surface area contributed by atoms with E-state index in [-0.39, 0.29) is 0 Å². The number of rotatable bonds is 1. The lowest BCUT2D eigenvalue weighted by molar-refractivity contribution is 0.0454. The molecular formula is C5H14O3Si. The zero-order valence-corrected chi connectivity index (χ0v) is 7.30. The second kappa shape index (κ2) is 2.38. The molecule has 0 aromatic heterocycles. The van der Waals surface area contributed by atoms with Gasteiger partial charge in [0.25, 0.3) is 0 Å². The third-order valence-electron chi connectivity index (χ3n) is 0.500. The fourth-order valence-corrected chi connectivity index (χ4v) is 1.74. The van der Waals surface area contributed by atoms with Gasteiger partial charge in [-0.25, -0.2) is 0 Å². The zero-order chi connectivity index (χ0) is 7.71. The summed E-state index contributed by atoms with van der Waals surface area (Å²) in [4.78, 5) is 17.7. The van der Waals surface area contributed by atoms with E-state index in [2.05, 4.69) is 0 Å². The van der Waals surface area contributed by atoms with Crippen molar-refractivity contribution in [1.82, 2.24) is 0 Å². The molecule has 0 aliphatic rings. The van der Waals surface area contributed by atoms with Crippen LogP contribution in [0.25, 0.3) is 0 Å². The van der Waals surface area contributed by atoms with Crippen LogP contribution in [0.4, 0.5) is 0 Å². The van der Waals surface area contributed by atoms with Gasteiger partial charge in [0.1, 0.15) is 0 Å². The second-order valence-electron chi connectivity index (χ2n) is 3.15. The first-order valence-electron chi connectivity index (χ1n) is 2.86. The van der Waals surface area contributed by atoms with E-state index in [9.17, 15) is 0 Å². The molecule has 3 nitrogen and oxygen atoms in total. The van der Waals surface area contributed by atoms with Crippen molar-refractivity contribution in [1.29, 1.82) is 0 Å². The Morgan fingerprint density at radius 3 is 1.56 bits per heavy atom. The second-order valence-corrected chi connectivity index (χ2v) is 5.22. The normalized spacial score (nSPS) is 14.0. The monoisotopic (exact) mass is 150 g/mol. The fourth-order valence-electron chi connectivity index (χ4n) is 0.580. The van der Waals surface area contributed by atoms with E-state index in [4.69, 9.17) is 14.0 Å². The molecule has 0 bridgehead atoms. The predicted octanol–water partition coefficient (Wildman–Crippen LogP) is 0.355. The van der Waals surface area contributed by atoms with Crippen molar-refractivity contribution in [3.05, 3.63) is 0 Å². The summed E-state index contributed by atoms with van der Waals surface area (Å²) in [5.74, 6) is 0. The SMILES string of the molecule is CC(C)(C)O[Si](C)(O)O. The van der Waals surface area contributed by atoms with Gasteiger partial charge in [-0.1, -0.05) is 0 Å². The lowest BCUT2D eigenvalue weighted by atomic mass is 10.2. The van der Waals surface area contributed by atoms with Crippen LogP contribution in [0.2, 0.25) is 6.55 Å². The Bertz CT molecular complexity index is 77.4. The minimum Gasteiger partial charge on any atom is -0.390 e. The average Bonchev–Trinajstić information content (AvgIpc) is 1.14. The maximum Gasteiger partial charge on any atom is 0.492 e. The predicted molar refractivity (Wildman–Crippen MR) is 36.9 cm³/mol. The summed E-state index contributed by atoms with van der Waals surface area (Å²) < 4.78 is 4.88. The molecule has 0 aromatic carbocycles. The van der Waals surface area contributed by atoms with Crippen molar-refractivity contribution in [2.75, 3.05) is 0 Å². The summed E-state index contributed by atoms with van der Waals surface area (Å²) in [5.41, 5.74) is -0.454. The Kier molecular flexibility index (Phi) is 2.40. The smallest absolute Gasteiger partial charge is 0.390 e. The lowest BCUT2D eigenvalue weighted by Gasteiger charge is -2.25. The number of hydrogen-bond acceptors (Lipinski definition) is 3. The minimum atomic E-state index is -3.29. The molecule has 9 heavy (non-hydrogen) atoms. The molecule has 0 saturated carbocycles.